The minimum atomic E-state index is -0.425. The molecule has 164 valence electrons. The van der Waals surface area contributed by atoms with Gasteiger partial charge in [0.2, 0.25) is 11.8 Å². The van der Waals surface area contributed by atoms with Crippen LogP contribution in [0, 0.1) is 5.92 Å². The molecule has 0 aliphatic carbocycles. The Morgan fingerprint density at radius 3 is 2.30 bits per heavy atom. The maximum atomic E-state index is 12.8. The molecule has 1 aromatic rings. The van der Waals surface area contributed by atoms with Gasteiger partial charge in [-0.15, -0.1) is 0 Å². The van der Waals surface area contributed by atoms with E-state index >= 15 is 0 Å². The standard InChI is InChI=1S/C21H27Cl2N3O4/c1-13-11-26(12-14(2)30-13)21(29)15-5-7-25(8-6-15)19(27)10-24-20(28)17-4-3-16(22)9-18(17)23/h3-4,9,13-15H,5-8,10-12H2,1-2H3,(H,24,28). The average Bonchev–Trinajstić information content (AvgIpc) is 2.70. The number of hydrogen-bond acceptors (Lipinski definition) is 4. The molecule has 30 heavy (non-hydrogen) atoms. The van der Waals surface area contributed by atoms with E-state index in [0.29, 0.717) is 44.0 Å². The second-order valence-electron chi connectivity index (χ2n) is 7.96. The van der Waals surface area contributed by atoms with Crippen molar-refractivity contribution < 1.29 is 19.1 Å². The van der Waals surface area contributed by atoms with Crippen LogP contribution in [0.5, 0.6) is 0 Å². The van der Waals surface area contributed by atoms with E-state index in [0.717, 1.165) is 0 Å². The van der Waals surface area contributed by atoms with E-state index in [4.69, 9.17) is 27.9 Å². The first-order valence-corrected chi connectivity index (χ1v) is 11.0. The molecule has 0 saturated carbocycles. The van der Waals surface area contributed by atoms with E-state index in [2.05, 4.69) is 5.32 Å². The monoisotopic (exact) mass is 455 g/mol. The number of carbonyl (C=O) groups excluding carboxylic acids is 3. The highest BCUT2D eigenvalue weighted by atomic mass is 35.5. The fraction of sp³-hybridized carbons (Fsp3) is 0.571. The lowest BCUT2D eigenvalue weighted by Gasteiger charge is -2.39. The van der Waals surface area contributed by atoms with E-state index < -0.39 is 5.91 Å². The first-order valence-electron chi connectivity index (χ1n) is 10.2. The molecule has 2 unspecified atom stereocenters. The number of piperidine rings is 1. The summed E-state index contributed by atoms with van der Waals surface area (Å²) in [7, 11) is 0. The minimum Gasteiger partial charge on any atom is -0.372 e. The molecule has 0 spiro atoms. The SMILES string of the molecule is CC1CN(C(=O)C2CCN(C(=O)CNC(=O)c3ccc(Cl)cc3Cl)CC2)CC(C)O1. The van der Waals surface area contributed by atoms with Gasteiger partial charge < -0.3 is 19.9 Å². The molecule has 1 aromatic carbocycles. The number of amides is 3. The molecular weight excluding hydrogens is 429 g/mol. The summed E-state index contributed by atoms with van der Waals surface area (Å²) in [6.07, 6.45) is 1.33. The van der Waals surface area contributed by atoms with Crippen LogP contribution in [-0.4, -0.2) is 72.5 Å². The van der Waals surface area contributed by atoms with Crippen LogP contribution in [0.1, 0.15) is 37.0 Å². The summed E-state index contributed by atoms with van der Waals surface area (Å²) in [5, 5.41) is 3.28. The Kier molecular flexibility index (Phi) is 7.60. The minimum absolute atomic E-state index is 0.0390. The van der Waals surface area contributed by atoms with Crippen LogP contribution < -0.4 is 5.32 Å². The summed E-state index contributed by atoms with van der Waals surface area (Å²) in [4.78, 5) is 41.2. The van der Waals surface area contributed by atoms with Crippen LogP contribution in [0.4, 0.5) is 0 Å². The number of carbonyl (C=O) groups is 3. The lowest BCUT2D eigenvalue weighted by molar-refractivity contribution is -0.150. The highest BCUT2D eigenvalue weighted by Gasteiger charge is 2.33. The summed E-state index contributed by atoms with van der Waals surface area (Å²) in [6.45, 7) is 6.06. The zero-order valence-corrected chi connectivity index (χ0v) is 18.7. The molecule has 0 radical (unpaired) electrons. The number of rotatable bonds is 4. The Balaban J connectivity index is 1.46. The van der Waals surface area contributed by atoms with Crippen molar-refractivity contribution in [3.05, 3.63) is 33.8 Å². The Morgan fingerprint density at radius 2 is 1.70 bits per heavy atom. The fourth-order valence-electron chi connectivity index (χ4n) is 4.03. The van der Waals surface area contributed by atoms with E-state index in [-0.39, 0.29) is 47.1 Å². The number of nitrogens with one attached hydrogen (secondary N) is 1. The molecule has 2 aliphatic heterocycles. The third kappa shape index (κ3) is 5.65. The van der Waals surface area contributed by atoms with Gasteiger partial charge in [-0.3, -0.25) is 14.4 Å². The number of nitrogens with zero attached hydrogens (tertiary/aromatic N) is 2. The van der Waals surface area contributed by atoms with Gasteiger partial charge in [0.25, 0.3) is 5.91 Å². The number of benzene rings is 1. The van der Waals surface area contributed by atoms with E-state index in [1.807, 2.05) is 18.7 Å². The van der Waals surface area contributed by atoms with Crippen LogP contribution >= 0.6 is 23.2 Å². The van der Waals surface area contributed by atoms with Crippen molar-refractivity contribution in [2.24, 2.45) is 5.92 Å². The van der Waals surface area contributed by atoms with Crippen molar-refractivity contribution in [1.82, 2.24) is 15.1 Å². The quantitative estimate of drug-likeness (QED) is 0.756. The molecular formula is C21H27Cl2N3O4. The Bertz CT molecular complexity index is 801. The number of hydrogen-bond donors (Lipinski definition) is 1. The molecule has 0 aromatic heterocycles. The molecule has 2 aliphatic rings. The lowest BCUT2D eigenvalue weighted by atomic mass is 9.94. The second-order valence-corrected chi connectivity index (χ2v) is 8.81. The zero-order valence-electron chi connectivity index (χ0n) is 17.2. The molecule has 9 heteroatoms. The third-order valence-corrected chi connectivity index (χ3v) is 6.05. The molecule has 3 amide bonds. The maximum absolute atomic E-state index is 12.8. The van der Waals surface area contributed by atoms with Gasteiger partial charge in [0.15, 0.2) is 0 Å². The van der Waals surface area contributed by atoms with Crippen LogP contribution in [-0.2, 0) is 14.3 Å². The second kappa shape index (κ2) is 9.98. The van der Waals surface area contributed by atoms with Crippen LogP contribution in [0.2, 0.25) is 10.0 Å². The van der Waals surface area contributed by atoms with Crippen molar-refractivity contribution in [3.63, 3.8) is 0 Å². The number of ether oxygens (including phenoxy) is 1. The number of likely N-dealkylation sites (tertiary alicyclic amines) is 1. The Labute approximate surface area is 186 Å². The molecule has 2 saturated heterocycles. The van der Waals surface area contributed by atoms with Crippen LogP contribution in [0.25, 0.3) is 0 Å². The van der Waals surface area contributed by atoms with Crippen LogP contribution in [0.15, 0.2) is 18.2 Å². The van der Waals surface area contributed by atoms with Gasteiger partial charge in [0.05, 0.1) is 29.3 Å². The average molecular weight is 456 g/mol. The topological polar surface area (TPSA) is 79.0 Å². The van der Waals surface area contributed by atoms with Gasteiger partial charge in [0, 0.05) is 37.1 Å². The first kappa shape index (κ1) is 22.8. The van der Waals surface area contributed by atoms with Gasteiger partial charge in [0.1, 0.15) is 0 Å². The highest BCUT2D eigenvalue weighted by Crippen LogP contribution is 2.23. The predicted molar refractivity (Wildman–Crippen MR) is 115 cm³/mol. The number of morpholine rings is 1. The lowest BCUT2D eigenvalue weighted by Crippen LogP contribution is -2.52. The molecule has 2 fully saturated rings. The van der Waals surface area contributed by atoms with Crippen molar-refractivity contribution in [1.29, 1.82) is 0 Å². The third-order valence-electron chi connectivity index (χ3n) is 5.50. The largest absolute Gasteiger partial charge is 0.372 e. The molecule has 2 atom stereocenters. The normalized spacial score (nSPS) is 22.7. The summed E-state index contributed by atoms with van der Waals surface area (Å²) in [5.74, 6) is -0.526. The van der Waals surface area contributed by atoms with Gasteiger partial charge in [-0.2, -0.15) is 0 Å². The summed E-state index contributed by atoms with van der Waals surface area (Å²) >= 11 is 11.9. The van der Waals surface area contributed by atoms with Crippen molar-refractivity contribution >= 4 is 40.9 Å². The fourth-order valence-corrected chi connectivity index (χ4v) is 4.52. The van der Waals surface area contributed by atoms with Gasteiger partial charge in [-0.25, -0.2) is 0 Å². The van der Waals surface area contributed by atoms with E-state index in [1.165, 1.54) is 12.1 Å². The zero-order chi connectivity index (χ0) is 21.8. The summed E-state index contributed by atoms with van der Waals surface area (Å²) < 4.78 is 5.70. The van der Waals surface area contributed by atoms with Crippen molar-refractivity contribution in [2.75, 3.05) is 32.7 Å². The molecule has 3 rings (SSSR count). The summed E-state index contributed by atoms with van der Waals surface area (Å²) in [6, 6.07) is 4.58. The number of halogens is 2. The molecule has 0 bridgehead atoms. The maximum Gasteiger partial charge on any atom is 0.253 e. The summed E-state index contributed by atoms with van der Waals surface area (Å²) in [5.41, 5.74) is 0.270. The first-order chi connectivity index (χ1) is 14.2. The van der Waals surface area contributed by atoms with Crippen molar-refractivity contribution in [3.8, 4) is 0 Å². The van der Waals surface area contributed by atoms with E-state index in [1.54, 1.807) is 11.0 Å². The van der Waals surface area contributed by atoms with Crippen LogP contribution in [0.3, 0.4) is 0 Å². The highest BCUT2D eigenvalue weighted by molar-refractivity contribution is 6.36. The Hall–Kier alpha value is -1.83. The van der Waals surface area contributed by atoms with Crippen molar-refractivity contribution in [2.45, 2.75) is 38.9 Å². The smallest absolute Gasteiger partial charge is 0.253 e. The van der Waals surface area contributed by atoms with Gasteiger partial charge >= 0.3 is 0 Å². The van der Waals surface area contributed by atoms with Gasteiger partial charge in [-0.05, 0) is 44.9 Å². The van der Waals surface area contributed by atoms with E-state index in [9.17, 15) is 14.4 Å². The predicted octanol–water partition coefficient (Wildman–Crippen LogP) is 2.60. The molecule has 7 nitrogen and oxygen atoms in total. The van der Waals surface area contributed by atoms with Gasteiger partial charge in [-0.1, -0.05) is 23.2 Å². The molecule has 2 heterocycles. The Morgan fingerprint density at radius 1 is 1.07 bits per heavy atom. The molecule has 1 N–H and O–H groups in total.